The molecular weight excluding hydrogens is 154 g/mol. The number of nitrogens with two attached hydrogens (primary N) is 1. The molecule has 1 amide bonds. The van der Waals surface area contributed by atoms with Crippen LogP contribution in [0.25, 0.3) is 0 Å². The Morgan fingerprint density at radius 3 is 2.33 bits per heavy atom. The van der Waals surface area contributed by atoms with Crippen LogP contribution in [0.3, 0.4) is 0 Å². The van der Waals surface area contributed by atoms with E-state index in [1.54, 1.807) is 0 Å². The first-order valence-corrected chi connectivity index (χ1v) is 4.43. The SMILES string of the molecule is CC(C)(C(N)=O)C1CCOCC1. The lowest BCUT2D eigenvalue weighted by Gasteiger charge is -2.34. The summed E-state index contributed by atoms with van der Waals surface area (Å²) in [6.45, 7) is 5.37. The summed E-state index contributed by atoms with van der Waals surface area (Å²) >= 11 is 0. The molecule has 3 nitrogen and oxygen atoms in total. The maximum absolute atomic E-state index is 11.1. The number of ether oxygens (including phenoxy) is 1. The highest BCUT2D eigenvalue weighted by atomic mass is 16.5. The molecule has 1 fully saturated rings. The zero-order chi connectivity index (χ0) is 9.19. The van der Waals surface area contributed by atoms with Gasteiger partial charge in [-0.15, -0.1) is 0 Å². The van der Waals surface area contributed by atoms with Gasteiger partial charge in [-0.1, -0.05) is 13.8 Å². The van der Waals surface area contributed by atoms with Crippen molar-refractivity contribution < 1.29 is 9.53 Å². The minimum atomic E-state index is -0.371. The Morgan fingerprint density at radius 1 is 1.42 bits per heavy atom. The Labute approximate surface area is 73.3 Å². The number of carbonyl (C=O) groups is 1. The molecular formula is C9H17NO2. The van der Waals surface area contributed by atoms with Crippen LogP contribution in [0.5, 0.6) is 0 Å². The quantitative estimate of drug-likeness (QED) is 0.671. The third-order valence-corrected chi connectivity index (χ3v) is 2.88. The predicted molar refractivity (Wildman–Crippen MR) is 46.5 cm³/mol. The number of amides is 1. The molecule has 0 spiro atoms. The van der Waals surface area contributed by atoms with Crippen molar-refractivity contribution >= 4 is 5.91 Å². The lowest BCUT2D eigenvalue weighted by Crippen LogP contribution is -2.40. The van der Waals surface area contributed by atoms with Crippen LogP contribution in [0.2, 0.25) is 0 Å². The van der Waals surface area contributed by atoms with Gasteiger partial charge in [0, 0.05) is 18.6 Å². The molecule has 1 rings (SSSR count). The number of rotatable bonds is 2. The summed E-state index contributed by atoms with van der Waals surface area (Å²) in [5.41, 5.74) is 4.95. The highest BCUT2D eigenvalue weighted by Gasteiger charge is 2.35. The predicted octanol–water partition coefficient (Wildman–Crippen LogP) is 0.924. The molecule has 0 bridgehead atoms. The summed E-state index contributed by atoms with van der Waals surface area (Å²) in [5, 5.41) is 0. The molecule has 1 heterocycles. The average molecular weight is 171 g/mol. The summed E-state index contributed by atoms with van der Waals surface area (Å²) < 4.78 is 5.22. The molecule has 0 radical (unpaired) electrons. The average Bonchev–Trinajstić information content (AvgIpc) is 2.06. The number of carbonyl (C=O) groups excluding carboxylic acids is 1. The summed E-state index contributed by atoms with van der Waals surface area (Å²) in [4.78, 5) is 11.1. The zero-order valence-electron chi connectivity index (χ0n) is 7.80. The molecule has 12 heavy (non-hydrogen) atoms. The van der Waals surface area contributed by atoms with Crippen molar-refractivity contribution in [2.75, 3.05) is 13.2 Å². The molecule has 0 aliphatic carbocycles. The first-order valence-electron chi connectivity index (χ1n) is 4.43. The molecule has 3 heteroatoms. The van der Waals surface area contributed by atoms with E-state index in [1.165, 1.54) is 0 Å². The van der Waals surface area contributed by atoms with Crippen molar-refractivity contribution in [2.24, 2.45) is 17.1 Å². The van der Waals surface area contributed by atoms with Gasteiger partial charge >= 0.3 is 0 Å². The van der Waals surface area contributed by atoms with E-state index in [2.05, 4.69) is 0 Å². The first-order chi connectivity index (χ1) is 5.55. The Bertz CT molecular complexity index is 171. The van der Waals surface area contributed by atoms with Crippen molar-refractivity contribution in [1.82, 2.24) is 0 Å². The van der Waals surface area contributed by atoms with Crippen molar-refractivity contribution in [3.63, 3.8) is 0 Å². The second kappa shape index (κ2) is 3.44. The highest BCUT2D eigenvalue weighted by molar-refractivity contribution is 5.80. The summed E-state index contributed by atoms with van der Waals surface area (Å²) in [6, 6.07) is 0. The van der Waals surface area contributed by atoms with Gasteiger partial charge in [0.1, 0.15) is 0 Å². The van der Waals surface area contributed by atoms with Gasteiger partial charge in [0.15, 0.2) is 0 Å². The molecule has 2 N–H and O–H groups in total. The van der Waals surface area contributed by atoms with Gasteiger partial charge in [-0.3, -0.25) is 4.79 Å². The largest absolute Gasteiger partial charge is 0.381 e. The van der Waals surface area contributed by atoms with E-state index in [9.17, 15) is 4.79 Å². The molecule has 1 saturated heterocycles. The minimum Gasteiger partial charge on any atom is -0.381 e. The van der Waals surface area contributed by atoms with E-state index >= 15 is 0 Å². The van der Waals surface area contributed by atoms with Crippen LogP contribution in [-0.4, -0.2) is 19.1 Å². The lowest BCUT2D eigenvalue weighted by molar-refractivity contribution is -0.130. The molecule has 0 atom stereocenters. The number of hydrogen-bond donors (Lipinski definition) is 1. The van der Waals surface area contributed by atoms with Gasteiger partial charge in [-0.2, -0.15) is 0 Å². The van der Waals surface area contributed by atoms with Gasteiger partial charge in [0.2, 0.25) is 5.91 Å². The fourth-order valence-corrected chi connectivity index (χ4v) is 1.62. The van der Waals surface area contributed by atoms with Crippen LogP contribution in [-0.2, 0) is 9.53 Å². The van der Waals surface area contributed by atoms with E-state index in [4.69, 9.17) is 10.5 Å². The zero-order valence-corrected chi connectivity index (χ0v) is 7.80. The van der Waals surface area contributed by atoms with Crippen LogP contribution < -0.4 is 5.73 Å². The molecule has 1 aliphatic rings. The maximum atomic E-state index is 11.1. The van der Waals surface area contributed by atoms with Crippen LogP contribution in [0.4, 0.5) is 0 Å². The Hall–Kier alpha value is -0.570. The third-order valence-electron chi connectivity index (χ3n) is 2.88. The lowest BCUT2D eigenvalue weighted by atomic mass is 9.74. The number of hydrogen-bond acceptors (Lipinski definition) is 2. The molecule has 0 aromatic heterocycles. The molecule has 1 aliphatic heterocycles. The smallest absolute Gasteiger partial charge is 0.223 e. The first kappa shape index (κ1) is 9.52. The molecule has 0 saturated carbocycles. The third kappa shape index (κ3) is 1.78. The Kier molecular flexibility index (Phi) is 2.73. The van der Waals surface area contributed by atoms with Gasteiger partial charge in [-0.25, -0.2) is 0 Å². The Balaban J connectivity index is 2.59. The number of primary amides is 1. The van der Waals surface area contributed by atoms with E-state index in [1.807, 2.05) is 13.8 Å². The second-order valence-corrected chi connectivity index (χ2v) is 3.97. The molecule has 0 aromatic rings. The van der Waals surface area contributed by atoms with Crippen molar-refractivity contribution in [1.29, 1.82) is 0 Å². The normalized spacial score (nSPS) is 20.8. The fraction of sp³-hybridized carbons (Fsp3) is 0.889. The summed E-state index contributed by atoms with van der Waals surface area (Å²) in [6.07, 6.45) is 1.91. The van der Waals surface area contributed by atoms with E-state index in [-0.39, 0.29) is 11.3 Å². The molecule has 0 aromatic carbocycles. The molecule has 0 unspecified atom stereocenters. The van der Waals surface area contributed by atoms with Gasteiger partial charge in [-0.05, 0) is 18.8 Å². The molecule has 70 valence electrons. The van der Waals surface area contributed by atoms with E-state index in [0.29, 0.717) is 5.92 Å². The van der Waals surface area contributed by atoms with Crippen LogP contribution >= 0.6 is 0 Å². The van der Waals surface area contributed by atoms with Crippen molar-refractivity contribution in [3.05, 3.63) is 0 Å². The summed E-state index contributed by atoms with van der Waals surface area (Å²) in [7, 11) is 0. The monoisotopic (exact) mass is 171 g/mol. The van der Waals surface area contributed by atoms with Gasteiger partial charge in [0.05, 0.1) is 0 Å². The van der Waals surface area contributed by atoms with Gasteiger partial charge in [0.25, 0.3) is 0 Å². The van der Waals surface area contributed by atoms with E-state index < -0.39 is 0 Å². The fourth-order valence-electron chi connectivity index (χ4n) is 1.62. The van der Waals surface area contributed by atoms with Gasteiger partial charge < -0.3 is 10.5 Å². The summed E-state index contributed by atoms with van der Waals surface area (Å²) in [5.74, 6) is 0.193. The maximum Gasteiger partial charge on any atom is 0.223 e. The Morgan fingerprint density at radius 2 is 1.92 bits per heavy atom. The second-order valence-electron chi connectivity index (χ2n) is 3.97. The van der Waals surface area contributed by atoms with Crippen molar-refractivity contribution in [3.8, 4) is 0 Å². The standard InChI is InChI=1S/C9H17NO2/c1-9(2,8(10)11)7-3-5-12-6-4-7/h7H,3-6H2,1-2H3,(H2,10,11). The highest BCUT2D eigenvalue weighted by Crippen LogP contribution is 2.33. The van der Waals surface area contributed by atoms with Crippen molar-refractivity contribution in [2.45, 2.75) is 26.7 Å². The van der Waals surface area contributed by atoms with Crippen LogP contribution in [0.15, 0.2) is 0 Å². The minimum absolute atomic E-state index is 0.200. The van der Waals surface area contributed by atoms with E-state index in [0.717, 1.165) is 26.1 Å². The topological polar surface area (TPSA) is 52.3 Å². The van der Waals surface area contributed by atoms with Crippen LogP contribution in [0.1, 0.15) is 26.7 Å². The van der Waals surface area contributed by atoms with Crippen LogP contribution in [0, 0.1) is 11.3 Å².